The predicted octanol–water partition coefficient (Wildman–Crippen LogP) is -0.0882. The second-order valence-corrected chi connectivity index (χ2v) is 4.12. The molecular formula is C13H17N5O2. The average Bonchev–Trinajstić information content (AvgIpc) is 2.47. The van der Waals surface area contributed by atoms with E-state index in [1.54, 1.807) is 4.90 Å². The van der Waals surface area contributed by atoms with Crippen molar-refractivity contribution in [2.24, 2.45) is 0 Å². The van der Waals surface area contributed by atoms with Crippen LogP contribution in [-0.4, -0.2) is 51.5 Å². The minimum atomic E-state index is -0.0632. The number of nitrogen functional groups attached to an aromatic ring is 1. The fraction of sp³-hybridized carbons (Fsp3) is 0.308. The van der Waals surface area contributed by atoms with Crippen molar-refractivity contribution in [3.63, 3.8) is 0 Å². The largest absolute Gasteiger partial charge is 0.395 e. The van der Waals surface area contributed by atoms with Crippen LogP contribution in [0.2, 0.25) is 0 Å². The van der Waals surface area contributed by atoms with Crippen LogP contribution in [0.1, 0.15) is 0 Å². The minimum absolute atomic E-state index is 0.0632. The summed E-state index contributed by atoms with van der Waals surface area (Å²) in [4.78, 5) is 14.2. The van der Waals surface area contributed by atoms with Gasteiger partial charge in [0.1, 0.15) is 0 Å². The van der Waals surface area contributed by atoms with Crippen molar-refractivity contribution in [1.82, 2.24) is 15.0 Å². The maximum absolute atomic E-state index is 9.05. The van der Waals surface area contributed by atoms with Crippen LogP contribution in [0.25, 0.3) is 11.4 Å². The standard InChI is InChI=1S/C13H17N5O2/c14-12-15-11(10-4-2-1-3-5-10)16-13(17-12)18(6-8-19)7-9-20/h1-5,19-20H,6-9H2,(H2,14,15,16,17). The van der Waals surface area contributed by atoms with Gasteiger partial charge in [-0.2, -0.15) is 15.0 Å². The molecule has 7 nitrogen and oxygen atoms in total. The molecule has 1 heterocycles. The summed E-state index contributed by atoms with van der Waals surface area (Å²) < 4.78 is 0. The number of anilines is 2. The number of aliphatic hydroxyl groups is 2. The van der Waals surface area contributed by atoms with Crippen LogP contribution in [0.15, 0.2) is 30.3 Å². The molecule has 0 radical (unpaired) electrons. The summed E-state index contributed by atoms with van der Waals surface area (Å²) in [5.41, 5.74) is 6.54. The zero-order valence-corrected chi connectivity index (χ0v) is 11.0. The summed E-state index contributed by atoms with van der Waals surface area (Å²) in [5.74, 6) is 0.920. The van der Waals surface area contributed by atoms with Gasteiger partial charge in [0.2, 0.25) is 11.9 Å². The minimum Gasteiger partial charge on any atom is -0.395 e. The highest BCUT2D eigenvalue weighted by molar-refractivity contribution is 5.57. The zero-order valence-electron chi connectivity index (χ0n) is 11.0. The van der Waals surface area contributed by atoms with E-state index >= 15 is 0 Å². The lowest BCUT2D eigenvalue weighted by Gasteiger charge is -2.20. The second-order valence-electron chi connectivity index (χ2n) is 4.12. The van der Waals surface area contributed by atoms with Crippen molar-refractivity contribution in [2.45, 2.75) is 0 Å². The highest BCUT2D eigenvalue weighted by atomic mass is 16.3. The Morgan fingerprint density at radius 1 is 0.950 bits per heavy atom. The number of rotatable bonds is 6. The molecule has 0 amide bonds. The number of aromatic nitrogens is 3. The molecule has 2 aromatic rings. The van der Waals surface area contributed by atoms with Crippen molar-refractivity contribution in [3.8, 4) is 11.4 Å². The van der Waals surface area contributed by atoms with Gasteiger partial charge < -0.3 is 20.8 Å². The molecule has 0 unspecified atom stereocenters. The monoisotopic (exact) mass is 275 g/mol. The lowest BCUT2D eigenvalue weighted by atomic mass is 10.2. The van der Waals surface area contributed by atoms with E-state index in [0.717, 1.165) is 5.56 Å². The Balaban J connectivity index is 2.37. The first-order valence-corrected chi connectivity index (χ1v) is 6.28. The number of nitrogens with zero attached hydrogens (tertiary/aromatic N) is 4. The Bertz CT molecular complexity index is 544. The van der Waals surface area contributed by atoms with Gasteiger partial charge in [0.25, 0.3) is 0 Å². The third-order valence-corrected chi connectivity index (χ3v) is 2.70. The van der Waals surface area contributed by atoms with E-state index in [2.05, 4.69) is 15.0 Å². The van der Waals surface area contributed by atoms with Crippen LogP contribution in [0.4, 0.5) is 11.9 Å². The normalized spacial score (nSPS) is 10.5. The molecule has 1 aromatic heterocycles. The van der Waals surface area contributed by atoms with E-state index in [9.17, 15) is 0 Å². The molecule has 106 valence electrons. The quantitative estimate of drug-likeness (QED) is 0.676. The Morgan fingerprint density at radius 2 is 1.60 bits per heavy atom. The summed E-state index contributed by atoms with van der Waals surface area (Å²) >= 11 is 0. The third-order valence-electron chi connectivity index (χ3n) is 2.70. The summed E-state index contributed by atoms with van der Waals surface area (Å²) in [6.07, 6.45) is 0. The molecular weight excluding hydrogens is 258 g/mol. The zero-order chi connectivity index (χ0) is 14.4. The Kier molecular flexibility index (Phi) is 4.80. The smallest absolute Gasteiger partial charge is 0.230 e. The van der Waals surface area contributed by atoms with Crippen molar-refractivity contribution in [3.05, 3.63) is 30.3 Å². The third kappa shape index (κ3) is 3.40. The molecule has 0 atom stereocenters. The van der Waals surface area contributed by atoms with Gasteiger partial charge in [-0.05, 0) is 0 Å². The Hall–Kier alpha value is -2.25. The summed E-state index contributed by atoms with van der Waals surface area (Å²) in [7, 11) is 0. The number of aliphatic hydroxyl groups excluding tert-OH is 2. The Labute approximate surface area is 116 Å². The molecule has 0 bridgehead atoms. The lowest BCUT2D eigenvalue weighted by molar-refractivity contribution is 0.280. The molecule has 0 aliphatic heterocycles. The van der Waals surface area contributed by atoms with Crippen LogP contribution < -0.4 is 10.6 Å². The van der Waals surface area contributed by atoms with Gasteiger partial charge in [0.05, 0.1) is 13.2 Å². The fourth-order valence-corrected chi connectivity index (χ4v) is 1.79. The SMILES string of the molecule is Nc1nc(-c2ccccc2)nc(N(CCO)CCO)n1. The molecule has 1 aromatic carbocycles. The van der Waals surface area contributed by atoms with Gasteiger partial charge >= 0.3 is 0 Å². The highest BCUT2D eigenvalue weighted by Gasteiger charge is 2.12. The first-order chi connectivity index (χ1) is 9.74. The fourth-order valence-electron chi connectivity index (χ4n) is 1.79. The van der Waals surface area contributed by atoms with E-state index in [1.165, 1.54) is 0 Å². The molecule has 0 saturated carbocycles. The van der Waals surface area contributed by atoms with Gasteiger partial charge in [0, 0.05) is 18.7 Å². The Morgan fingerprint density at radius 3 is 2.20 bits per heavy atom. The van der Waals surface area contributed by atoms with Crippen molar-refractivity contribution in [1.29, 1.82) is 0 Å². The van der Waals surface area contributed by atoms with Gasteiger partial charge in [-0.25, -0.2) is 0 Å². The van der Waals surface area contributed by atoms with Crippen LogP contribution in [0.5, 0.6) is 0 Å². The topological polar surface area (TPSA) is 108 Å². The first-order valence-electron chi connectivity index (χ1n) is 6.28. The molecule has 0 fully saturated rings. The van der Waals surface area contributed by atoms with Crippen LogP contribution in [0, 0.1) is 0 Å². The molecule has 0 saturated heterocycles. The van der Waals surface area contributed by atoms with E-state index in [0.29, 0.717) is 24.9 Å². The van der Waals surface area contributed by atoms with Gasteiger partial charge in [-0.3, -0.25) is 0 Å². The van der Waals surface area contributed by atoms with Crippen molar-refractivity contribution >= 4 is 11.9 Å². The van der Waals surface area contributed by atoms with E-state index in [1.807, 2.05) is 30.3 Å². The van der Waals surface area contributed by atoms with Crippen LogP contribution in [-0.2, 0) is 0 Å². The van der Waals surface area contributed by atoms with E-state index in [4.69, 9.17) is 15.9 Å². The molecule has 2 rings (SSSR count). The summed E-state index contributed by atoms with van der Waals surface area (Å²) in [6.45, 7) is 0.509. The number of hydrogen-bond donors (Lipinski definition) is 3. The molecule has 20 heavy (non-hydrogen) atoms. The average molecular weight is 275 g/mol. The second kappa shape index (κ2) is 6.78. The van der Waals surface area contributed by atoms with E-state index < -0.39 is 0 Å². The van der Waals surface area contributed by atoms with Crippen LogP contribution in [0.3, 0.4) is 0 Å². The molecule has 0 spiro atoms. The molecule has 0 aliphatic carbocycles. The lowest BCUT2D eigenvalue weighted by Crippen LogP contribution is -2.31. The maximum atomic E-state index is 9.05. The van der Waals surface area contributed by atoms with Gasteiger partial charge in [0.15, 0.2) is 5.82 Å². The van der Waals surface area contributed by atoms with Crippen molar-refractivity contribution < 1.29 is 10.2 Å². The van der Waals surface area contributed by atoms with Gasteiger partial charge in [-0.1, -0.05) is 30.3 Å². The number of hydrogen-bond acceptors (Lipinski definition) is 7. The number of benzene rings is 1. The summed E-state index contributed by atoms with van der Waals surface area (Å²) in [5, 5.41) is 18.1. The van der Waals surface area contributed by atoms with Gasteiger partial charge in [-0.15, -0.1) is 0 Å². The molecule has 4 N–H and O–H groups in total. The van der Waals surface area contributed by atoms with Crippen LogP contribution >= 0.6 is 0 Å². The summed E-state index contributed by atoms with van der Waals surface area (Å²) in [6, 6.07) is 9.42. The predicted molar refractivity (Wildman–Crippen MR) is 76.1 cm³/mol. The van der Waals surface area contributed by atoms with Crippen molar-refractivity contribution in [2.75, 3.05) is 36.9 Å². The van der Waals surface area contributed by atoms with E-state index in [-0.39, 0.29) is 19.2 Å². The maximum Gasteiger partial charge on any atom is 0.230 e. The highest BCUT2D eigenvalue weighted by Crippen LogP contribution is 2.18. The first kappa shape index (κ1) is 14.2. The number of nitrogens with two attached hydrogens (primary N) is 1. The molecule has 7 heteroatoms. The molecule has 0 aliphatic rings.